The van der Waals surface area contributed by atoms with Crippen LogP contribution in [-0.2, 0) is 0 Å². The molecule has 1 unspecified atom stereocenters. The van der Waals surface area contributed by atoms with Crippen LogP contribution in [0.1, 0.15) is 0 Å². The Hall–Kier alpha value is 0.660. The molecule has 0 aromatic rings. The third kappa shape index (κ3) is 8.01. The van der Waals surface area contributed by atoms with E-state index in [1.807, 2.05) is 26.7 Å². The SMILES string of the molecule is C/P=N/[PH](C)(C)/N=P(/C)=N\P(C)(C)=N. The van der Waals surface area contributed by atoms with E-state index in [-0.39, 0.29) is 0 Å². The van der Waals surface area contributed by atoms with Gasteiger partial charge in [0.2, 0.25) is 0 Å². The van der Waals surface area contributed by atoms with E-state index in [0.29, 0.717) is 0 Å². The summed E-state index contributed by atoms with van der Waals surface area (Å²) in [6.07, 6.45) is 0. The van der Waals surface area contributed by atoms with Gasteiger partial charge >= 0.3 is 89.3 Å². The first-order chi connectivity index (χ1) is 6.16. The van der Waals surface area contributed by atoms with Crippen LogP contribution in [-0.4, -0.2) is 40.0 Å². The van der Waals surface area contributed by atoms with E-state index in [1.54, 1.807) is 0 Å². The van der Waals surface area contributed by atoms with Gasteiger partial charge in [0.1, 0.15) is 0 Å². The normalized spacial score (nSPS) is 16.6. The summed E-state index contributed by atoms with van der Waals surface area (Å²) >= 11 is 0. The second-order valence-electron chi connectivity index (χ2n) is 3.87. The summed E-state index contributed by atoms with van der Waals surface area (Å²) in [5.41, 5.74) is 0. The molecule has 14 heavy (non-hydrogen) atoms. The Balaban J connectivity index is 5.03. The third-order valence-corrected chi connectivity index (χ3v) is 9.78. The summed E-state index contributed by atoms with van der Waals surface area (Å²) < 4.78 is 13.6. The maximum absolute atomic E-state index is 7.76. The molecule has 0 saturated heterocycles. The van der Waals surface area contributed by atoms with Crippen LogP contribution >= 0.6 is 30.6 Å². The van der Waals surface area contributed by atoms with Gasteiger partial charge in [-0.3, -0.25) is 0 Å². The average Bonchev–Trinajstić information content (AvgIpc) is 1.78. The second kappa shape index (κ2) is 5.66. The van der Waals surface area contributed by atoms with E-state index in [4.69, 9.17) is 5.16 Å². The molecule has 0 aliphatic rings. The van der Waals surface area contributed by atoms with Crippen LogP contribution in [0.5, 0.6) is 0 Å². The van der Waals surface area contributed by atoms with Crippen LogP contribution in [0, 0.1) is 5.16 Å². The van der Waals surface area contributed by atoms with Crippen molar-refractivity contribution < 1.29 is 0 Å². The molecule has 1 atom stereocenters. The fourth-order valence-corrected chi connectivity index (χ4v) is 9.38. The zero-order valence-electron chi connectivity index (χ0n) is 9.68. The van der Waals surface area contributed by atoms with Crippen molar-refractivity contribution in [1.82, 2.24) is 0 Å². The van der Waals surface area contributed by atoms with Crippen LogP contribution in [0.25, 0.3) is 0 Å². The van der Waals surface area contributed by atoms with Gasteiger partial charge in [0.15, 0.2) is 0 Å². The molecule has 0 aromatic heterocycles. The predicted octanol–water partition coefficient (Wildman–Crippen LogP) is 5.02. The van der Waals surface area contributed by atoms with Crippen molar-refractivity contribution in [2.75, 3.05) is 40.0 Å². The summed E-state index contributed by atoms with van der Waals surface area (Å²) in [6.45, 7) is 12.1. The van der Waals surface area contributed by atoms with Gasteiger partial charge in [0.25, 0.3) is 0 Å². The first-order valence-electron chi connectivity index (χ1n) is 4.26. The summed E-state index contributed by atoms with van der Waals surface area (Å²) in [6, 6.07) is 0. The number of rotatable bonds is 3. The minimum absolute atomic E-state index is 0.693. The third-order valence-electron chi connectivity index (χ3n) is 1.09. The first-order valence-corrected chi connectivity index (χ1v) is 12.8. The van der Waals surface area contributed by atoms with E-state index >= 15 is 0 Å². The van der Waals surface area contributed by atoms with Crippen molar-refractivity contribution >= 4 is 30.6 Å². The van der Waals surface area contributed by atoms with Gasteiger partial charge in [-0.05, 0) is 0 Å². The molecular formula is C6H20N4P4. The summed E-state index contributed by atoms with van der Waals surface area (Å²) in [4.78, 5) is 0. The van der Waals surface area contributed by atoms with Crippen molar-refractivity contribution in [2.45, 2.75) is 0 Å². The standard InChI is InChI=1S/C6H20N4P4/c1-11-8-14(5,6)10-12(2)9-13(3,4)7/h7,14H,1-6H3. The number of nitrogens with zero attached hydrogens (tertiary/aromatic N) is 3. The van der Waals surface area contributed by atoms with Crippen molar-refractivity contribution in [3.63, 3.8) is 0 Å². The summed E-state index contributed by atoms with van der Waals surface area (Å²) in [5, 5.41) is 7.76. The van der Waals surface area contributed by atoms with E-state index in [1.165, 1.54) is 0 Å². The van der Waals surface area contributed by atoms with Crippen LogP contribution in [0.2, 0.25) is 0 Å². The molecule has 0 aromatic carbocycles. The Morgan fingerprint density at radius 1 is 1.36 bits per heavy atom. The van der Waals surface area contributed by atoms with E-state index in [2.05, 4.69) is 26.9 Å². The second-order valence-corrected chi connectivity index (χ2v) is 13.3. The maximum atomic E-state index is 7.76. The molecule has 8 heteroatoms. The zero-order valence-corrected chi connectivity index (χ0v) is 13.4. The van der Waals surface area contributed by atoms with Crippen LogP contribution in [0.15, 0.2) is 13.5 Å². The van der Waals surface area contributed by atoms with Gasteiger partial charge in [-0.2, -0.15) is 0 Å². The number of hydrogen-bond acceptors (Lipinski definition) is 3. The summed E-state index contributed by atoms with van der Waals surface area (Å²) in [7, 11) is -3.18. The molecule has 0 aliphatic carbocycles. The fraction of sp³-hybridized carbons (Fsp3) is 1.00. The average molecular weight is 272 g/mol. The number of hydrogen-bond donors (Lipinski definition) is 1. The summed E-state index contributed by atoms with van der Waals surface area (Å²) in [5.74, 6) is 0. The topological polar surface area (TPSA) is 60.9 Å². The van der Waals surface area contributed by atoms with Crippen molar-refractivity contribution in [3.8, 4) is 0 Å². The molecule has 0 fully saturated rings. The fourth-order valence-electron chi connectivity index (χ4n) is 0.962. The zero-order chi connectivity index (χ0) is 11.4. The van der Waals surface area contributed by atoms with Crippen LogP contribution in [0.4, 0.5) is 0 Å². The van der Waals surface area contributed by atoms with Gasteiger partial charge in [-0.1, -0.05) is 0 Å². The molecule has 0 spiro atoms. The molecule has 0 bridgehead atoms. The Kier molecular flexibility index (Phi) is 5.93. The predicted molar refractivity (Wildman–Crippen MR) is 74.6 cm³/mol. The van der Waals surface area contributed by atoms with Gasteiger partial charge in [0.05, 0.1) is 0 Å². The molecule has 1 N–H and O–H groups in total. The van der Waals surface area contributed by atoms with Gasteiger partial charge in [0, 0.05) is 0 Å². The Morgan fingerprint density at radius 2 is 1.86 bits per heavy atom. The molecule has 0 heterocycles. The van der Waals surface area contributed by atoms with Crippen molar-refractivity contribution in [1.29, 1.82) is 5.16 Å². The van der Waals surface area contributed by atoms with E-state index in [0.717, 1.165) is 8.37 Å². The van der Waals surface area contributed by atoms with Gasteiger partial charge in [-0.25, -0.2) is 0 Å². The van der Waals surface area contributed by atoms with E-state index in [9.17, 15) is 0 Å². The van der Waals surface area contributed by atoms with Crippen molar-refractivity contribution in [3.05, 3.63) is 0 Å². The Morgan fingerprint density at radius 3 is 2.21 bits per heavy atom. The first kappa shape index (κ1) is 14.7. The number of nitrogens with one attached hydrogen (secondary N) is 1. The molecule has 0 amide bonds. The van der Waals surface area contributed by atoms with Crippen LogP contribution in [0.3, 0.4) is 0 Å². The minimum atomic E-state index is -1.79. The molecule has 0 saturated carbocycles. The van der Waals surface area contributed by atoms with Gasteiger partial charge < -0.3 is 0 Å². The monoisotopic (exact) mass is 272 g/mol. The molecule has 84 valence electrons. The molecule has 0 aliphatic heterocycles. The Labute approximate surface area is 89.7 Å². The van der Waals surface area contributed by atoms with Crippen molar-refractivity contribution in [2.24, 2.45) is 13.5 Å². The Bertz CT molecular complexity index is 345. The molecule has 4 nitrogen and oxygen atoms in total. The van der Waals surface area contributed by atoms with Crippen LogP contribution < -0.4 is 0 Å². The molecular weight excluding hydrogens is 252 g/mol. The quantitative estimate of drug-likeness (QED) is 0.701. The molecule has 0 radical (unpaired) electrons. The van der Waals surface area contributed by atoms with Gasteiger partial charge in [-0.15, -0.1) is 0 Å². The van der Waals surface area contributed by atoms with E-state index < -0.39 is 22.3 Å². The molecule has 0 rings (SSSR count).